The van der Waals surface area contributed by atoms with Gasteiger partial charge in [-0.25, -0.2) is 0 Å². The molecule has 0 radical (unpaired) electrons. The fourth-order valence-corrected chi connectivity index (χ4v) is 1.37. The number of rotatable bonds is 1. The summed E-state index contributed by atoms with van der Waals surface area (Å²) in [5.41, 5.74) is 2.11. The summed E-state index contributed by atoms with van der Waals surface area (Å²) in [5.74, 6) is 0.907. The third-order valence-corrected chi connectivity index (χ3v) is 2.00. The van der Waals surface area contributed by atoms with Gasteiger partial charge in [0.05, 0.1) is 12.5 Å². The van der Waals surface area contributed by atoms with Crippen molar-refractivity contribution in [1.82, 2.24) is 0 Å². The highest BCUT2D eigenvalue weighted by molar-refractivity contribution is 5.62. The molecule has 0 amide bonds. The second kappa shape index (κ2) is 3.32. The van der Waals surface area contributed by atoms with Crippen LogP contribution < -0.4 is 4.74 Å². The van der Waals surface area contributed by atoms with Crippen molar-refractivity contribution in [2.75, 3.05) is 6.61 Å². The van der Waals surface area contributed by atoms with E-state index in [4.69, 9.17) is 10.00 Å². The molecule has 0 aromatic heterocycles. The van der Waals surface area contributed by atoms with Crippen LogP contribution in [0.25, 0.3) is 6.08 Å². The van der Waals surface area contributed by atoms with E-state index in [1.54, 1.807) is 0 Å². The van der Waals surface area contributed by atoms with E-state index in [0.717, 1.165) is 16.9 Å². The highest BCUT2D eigenvalue weighted by atomic mass is 16.5. The molecular weight excluding hydrogens is 162 g/mol. The van der Waals surface area contributed by atoms with Gasteiger partial charge in [-0.05, 0) is 17.7 Å². The van der Waals surface area contributed by atoms with Crippen LogP contribution in [-0.2, 0) is 0 Å². The van der Waals surface area contributed by atoms with Crippen molar-refractivity contribution in [2.24, 2.45) is 0 Å². The van der Waals surface area contributed by atoms with Gasteiger partial charge in [0.25, 0.3) is 0 Å². The van der Waals surface area contributed by atoms with Crippen molar-refractivity contribution in [3.63, 3.8) is 0 Å². The van der Waals surface area contributed by atoms with Crippen molar-refractivity contribution in [2.45, 2.75) is 6.42 Å². The van der Waals surface area contributed by atoms with Gasteiger partial charge in [-0.1, -0.05) is 18.2 Å². The first-order chi connectivity index (χ1) is 6.40. The molecule has 2 heteroatoms. The lowest BCUT2D eigenvalue weighted by Gasteiger charge is -2.15. The van der Waals surface area contributed by atoms with Crippen molar-refractivity contribution in [3.05, 3.63) is 35.4 Å². The van der Waals surface area contributed by atoms with E-state index in [9.17, 15) is 0 Å². The van der Waals surface area contributed by atoms with Gasteiger partial charge in [0.2, 0.25) is 0 Å². The molecule has 2 nitrogen and oxygen atoms in total. The van der Waals surface area contributed by atoms with Crippen molar-refractivity contribution in [3.8, 4) is 11.8 Å². The molecule has 1 aliphatic heterocycles. The van der Waals surface area contributed by atoms with Gasteiger partial charge < -0.3 is 4.74 Å². The standard InChI is InChI=1S/C11H9NO/c12-6-5-9-7-10-3-1-2-4-11(10)13-8-9/h1-4,7H,5,8H2. The third-order valence-electron chi connectivity index (χ3n) is 2.00. The maximum Gasteiger partial charge on any atom is 0.127 e. The molecule has 0 fully saturated rings. The van der Waals surface area contributed by atoms with E-state index in [2.05, 4.69) is 6.07 Å². The molecule has 64 valence electrons. The number of hydrogen-bond acceptors (Lipinski definition) is 2. The SMILES string of the molecule is N#CCC1=Cc2ccccc2OC1. The lowest BCUT2D eigenvalue weighted by molar-refractivity contribution is 0.345. The Labute approximate surface area is 77.1 Å². The van der Waals surface area contributed by atoms with Gasteiger partial charge in [0.15, 0.2) is 0 Å². The van der Waals surface area contributed by atoms with Crippen molar-refractivity contribution < 1.29 is 4.74 Å². The highest BCUT2D eigenvalue weighted by Gasteiger charge is 2.09. The first kappa shape index (κ1) is 7.88. The van der Waals surface area contributed by atoms with Crippen LogP contribution in [0.5, 0.6) is 5.75 Å². The van der Waals surface area contributed by atoms with Crippen molar-refractivity contribution >= 4 is 6.08 Å². The summed E-state index contributed by atoms with van der Waals surface area (Å²) in [6.45, 7) is 0.546. The number of nitrogens with zero attached hydrogens (tertiary/aromatic N) is 1. The van der Waals surface area contributed by atoms with E-state index < -0.39 is 0 Å². The van der Waals surface area contributed by atoms with Gasteiger partial charge in [0, 0.05) is 5.56 Å². The van der Waals surface area contributed by atoms with Crippen molar-refractivity contribution in [1.29, 1.82) is 5.26 Å². The minimum Gasteiger partial charge on any atom is -0.489 e. The summed E-state index contributed by atoms with van der Waals surface area (Å²) < 4.78 is 5.47. The number of ether oxygens (including phenoxy) is 1. The van der Waals surface area contributed by atoms with Crippen LogP contribution >= 0.6 is 0 Å². The smallest absolute Gasteiger partial charge is 0.127 e. The highest BCUT2D eigenvalue weighted by Crippen LogP contribution is 2.26. The Hall–Kier alpha value is -1.75. The van der Waals surface area contributed by atoms with E-state index in [0.29, 0.717) is 13.0 Å². The van der Waals surface area contributed by atoms with Gasteiger partial charge in [-0.2, -0.15) is 5.26 Å². The predicted octanol–water partition coefficient (Wildman–Crippen LogP) is 2.38. The number of fused-ring (bicyclic) bond motifs is 1. The maximum absolute atomic E-state index is 8.52. The van der Waals surface area contributed by atoms with Crippen LogP contribution in [0, 0.1) is 11.3 Å². The Morgan fingerprint density at radius 2 is 2.23 bits per heavy atom. The first-order valence-corrected chi connectivity index (χ1v) is 4.18. The lowest BCUT2D eigenvalue weighted by atomic mass is 10.1. The Balaban J connectivity index is 2.34. The summed E-state index contributed by atoms with van der Waals surface area (Å²) >= 11 is 0. The maximum atomic E-state index is 8.52. The van der Waals surface area contributed by atoms with Gasteiger partial charge >= 0.3 is 0 Å². The molecule has 0 atom stereocenters. The quantitative estimate of drug-likeness (QED) is 0.649. The second-order valence-corrected chi connectivity index (χ2v) is 2.96. The second-order valence-electron chi connectivity index (χ2n) is 2.96. The average Bonchev–Trinajstić information content (AvgIpc) is 2.18. The summed E-state index contributed by atoms with van der Waals surface area (Å²) in [7, 11) is 0. The van der Waals surface area contributed by atoms with Crippen LogP contribution in [0.3, 0.4) is 0 Å². The van der Waals surface area contributed by atoms with Crippen LogP contribution in [0.1, 0.15) is 12.0 Å². The molecule has 1 aliphatic rings. The molecule has 13 heavy (non-hydrogen) atoms. The predicted molar refractivity (Wildman–Crippen MR) is 50.1 cm³/mol. The zero-order chi connectivity index (χ0) is 9.10. The summed E-state index contributed by atoms with van der Waals surface area (Å²) in [4.78, 5) is 0. The van der Waals surface area contributed by atoms with Gasteiger partial charge in [0.1, 0.15) is 12.4 Å². The molecule has 0 aliphatic carbocycles. The van der Waals surface area contributed by atoms with E-state index in [-0.39, 0.29) is 0 Å². The number of para-hydroxylation sites is 1. The molecule has 0 spiro atoms. The van der Waals surface area contributed by atoms with E-state index >= 15 is 0 Å². The first-order valence-electron chi connectivity index (χ1n) is 4.18. The molecular formula is C11H9NO. The van der Waals surface area contributed by atoms with Crippen LogP contribution in [-0.4, -0.2) is 6.61 Å². The van der Waals surface area contributed by atoms with Crippen LogP contribution in [0.4, 0.5) is 0 Å². The molecule has 2 rings (SSSR count). The third kappa shape index (κ3) is 1.54. The van der Waals surface area contributed by atoms with Gasteiger partial charge in [-0.15, -0.1) is 0 Å². The average molecular weight is 171 g/mol. The largest absolute Gasteiger partial charge is 0.489 e. The molecule has 0 unspecified atom stereocenters. The molecule has 1 heterocycles. The van der Waals surface area contributed by atoms with E-state index in [1.165, 1.54) is 0 Å². The summed E-state index contributed by atoms with van der Waals surface area (Å²) in [6.07, 6.45) is 2.48. The lowest BCUT2D eigenvalue weighted by Crippen LogP contribution is -2.06. The van der Waals surface area contributed by atoms with Crippen LogP contribution in [0.2, 0.25) is 0 Å². The zero-order valence-electron chi connectivity index (χ0n) is 7.16. The monoisotopic (exact) mass is 171 g/mol. The summed E-state index contributed by atoms with van der Waals surface area (Å²) in [5, 5.41) is 8.52. The van der Waals surface area contributed by atoms with Gasteiger partial charge in [-0.3, -0.25) is 0 Å². The molecule has 0 saturated heterocycles. The summed E-state index contributed by atoms with van der Waals surface area (Å²) in [6, 6.07) is 9.96. The van der Waals surface area contributed by atoms with E-state index in [1.807, 2.05) is 30.3 Å². The molecule has 0 N–H and O–H groups in total. The zero-order valence-corrected chi connectivity index (χ0v) is 7.16. The minimum atomic E-state index is 0.453. The molecule has 1 aromatic carbocycles. The minimum absolute atomic E-state index is 0.453. The number of nitriles is 1. The Kier molecular flexibility index (Phi) is 2.01. The fraction of sp³-hybridized carbons (Fsp3) is 0.182. The molecule has 0 saturated carbocycles. The Bertz CT molecular complexity index is 387. The number of benzene rings is 1. The fourth-order valence-electron chi connectivity index (χ4n) is 1.37. The molecule has 1 aromatic rings. The Morgan fingerprint density at radius 3 is 3.08 bits per heavy atom. The molecule has 0 bridgehead atoms. The number of hydrogen-bond donors (Lipinski definition) is 0. The Morgan fingerprint density at radius 1 is 1.38 bits per heavy atom. The topological polar surface area (TPSA) is 33.0 Å². The normalized spacial score (nSPS) is 13.6. The van der Waals surface area contributed by atoms with Crippen LogP contribution in [0.15, 0.2) is 29.8 Å².